The summed E-state index contributed by atoms with van der Waals surface area (Å²) in [6.45, 7) is 5.99. The van der Waals surface area contributed by atoms with E-state index in [4.69, 9.17) is 10.1 Å². The molecule has 1 atom stereocenters. The summed E-state index contributed by atoms with van der Waals surface area (Å²) in [6.07, 6.45) is 0. The number of carboxylic acid groups (broad SMARTS) is 1. The van der Waals surface area contributed by atoms with Gasteiger partial charge in [0.2, 0.25) is 11.1 Å². The maximum atomic E-state index is 13.6. The number of para-hydroxylation sites is 1. The van der Waals surface area contributed by atoms with Gasteiger partial charge in [-0.25, -0.2) is 9.48 Å². The largest absolute Gasteiger partial charge is 0.478 e. The minimum absolute atomic E-state index is 0.169. The van der Waals surface area contributed by atoms with Crippen molar-refractivity contribution in [2.75, 3.05) is 10.6 Å². The number of aryl methyl sites for hydroxylation is 2. The maximum absolute atomic E-state index is 13.6. The molecule has 0 aliphatic carbocycles. The van der Waals surface area contributed by atoms with Gasteiger partial charge in [-0.1, -0.05) is 65.9 Å². The Labute approximate surface area is 224 Å². The lowest BCUT2D eigenvalue weighted by Gasteiger charge is -2.28. The van der Waals surface area contributed by atoms with E-state index >= 15 is 0 Å². The van der Waals surface area contributed by atoms with Crippen LogP contribution >= 0.6 is 11.8 Å². The summed E-state index contributed by atoms with van der Waals surface area (Å²) < 4.78 is 1.70. The lowest BCUT2D eigenvalue weighted by molar-refractivity contribution is -0.113. The summed E-state index contributed by atoms with van der Waals surface area (Å²) in [5.74, 6) is -0.0566. The number of aromatic nitrogens is 3. The van der Waals surface area contributed by atoms with E-state index < -0.39 is 12.0 Å². The lowest BCUT2D eigenvalue weighted by atomic mass is 9.94. The van der Waals surface area contributed by atoms with Crippen LogP contribution in [0.15, 0.2) is 89.2 Å². The fourth-order valence-electron chi connectivity index (χ4n) is 4.42. The van der Waals surface area contributed by atoms with Crippen molar-refractivity contribution in [2.24, 2.45) is 0 Å². The minimum Gasteiger partial charge on any atom is -0.478 e. The fraction of sp³-hybridized carbons (Fsp3) is 0.172. The molecule has 0 spiro atoms. The zero-order valence-electron chi connectivity index (χ0n) is 21.2. The first-order chi connectivity index (χ1) is 18.3. The number of benzene rings is 3. The molecule has 2 heterocycles. The number of anilines is 2. The Morgan fingerprint density at radius 3 is 2.47 bits per heavy atom. The summed E-state index contributed by atoms with van der Waals surface area (Å²) in [4.78, 5) is 29.7. The predicted molar refractivity (Wildman–Crippen MR) is 148 cm³/mol. The number of thioether (sulfide) groups is 1. The molecule has 0 bridgehead atoms. The van der Waals surface area contributed by atoms with Gasteiger partial charge < -0.3 is 15.7 Å². The monoisotopic (exact) mass is 525 g/mol. The van der Waals surface area contributed by atoms with Crippen molar-refractivity contribution in [3.63, 3.8) is 0 Å². The van der Waals surface area contributed by atoms with Gasteiger partial charge in [0.15, 0.2) is 0 Å². The van der Waals surface area contributed by atoms with Crippen molar-refractivity contribution < 1.29 is 14.7 Å². The second kappa shape index (κ2) is 10.5. The van der Waals surface area contributed by atoms with Crippen LogP contribution in [0.1, 0.15) is 45.6 Å². The van der Waals surface area contributed by atoms with Crippen LogP contribution in [-0.4, -0.2) is 31.7 Å². The van der Waals surface area contributed by atoms with Gasteiger partial charge in [-0.15, -0.1) is 5.10 Å². The molecular weight excluding hydrogens is 498 g/mol. The number of fused-ring (bicyclic) bond motifs is 1. The van der Waals surface area contributed by atoms with E-state index in [0.717, 1.165) is 5.56 Å². The SMILES string of the molecule is CC1=C(C(=O)Nc2ccccc2)C(c2ccc(C(=O)O)cc2)n2nc(SCc3cc(C)ccc3C)nc2N1. The van der Waals surface area contributed by atoms with E-state index in [1.807, 2.05) is 37.3 Å². The number of carboxylic acids is 1. The third kappa shape index (κ3) is 5.19. The molecule has 0 saturated heterocycles. The Morgan fingerprint density at radius 2 is 1.76 bits per heavy atom. The first-order valence-corrected chi connectivity index (χ1v) is 13.1. The molecule has 0 fully saturated rings. The highest BCUT2D eigenvalue weighted by molar-refractivity contribution is 7.98. The summed E-state index contributed by atoms with van der Waals surface area (Å²) >= 11 is 1.53. The zero-order valence-corrected chi connectivity index (χ0v) is 22.0. The first-order valence-electron chi connectivity index (χ1n) is 12.1. The van der Waals surface area contributed by atoms with Gasteiger partial charge in [-0.3, -0.25) is 4.79 Å². The predicted octanol–water partition coefficient (Wildman–Crippen LogP) is 5.81. The number of aromatic carboxylic acids is 1. The van der Waals surface area contributed by atoms with Crippen LogP contribution < -0.4 is 10.6 Å². The molecule has 1 amide bonds. The summed E-state index contributed by atoms with van der Waals surface area (Å²) in [5.41, 5.74) is 6.31. The van der Waals surface area contributed by atoms with E-state index in [2.05, 4.69) is 42.7 Å². The Hall–Kier alpha value is -4.37. The van der Waals surface area contributed by atoms with Crippen molar-refractivity contribution in [3.05, 3.63) is 112 Å². The molecule has 0 saturated carbocycles. The summed E-state index contributed by atoms with van der Waals surface area (Å²) in [7, 11) is 0. The zero-order chi connectivity index (χ0) is 26.8. The number of allylic oxidation sites excluding steroid dienone is 1. The molecule has 9 heteroatoms. The van der Waals surface area contributed by atoms with Crippen LogP contribution in [0, 0.1) is 13.8 Å². The van der Waals surface area contributed by atoms with Crippen molar-refractivity contribution in [2.45, 2.75) is 37.7 Å². The average Bonchev–Trinajstić information content (AvgIpc) is 3.31. The standard InChI is InChI=1S/C29H27N5O3S/c1-17-9-10-18(2)22(15-17)16-38-29-32-28-30-19(3)24(26(35)31-23-7-5-4-6-8-23)25(34(28)33-29)20-11-13-21(14-12-20)27(36)37/h4-15,25H,16H2,1-3H3,(H,31,35)(H,36,37)(H,30,32,33). The normalized spacial score (nSPS) is 14.6. The van der Waals surface area contributed by atoms with E-state index in [0.29, 0.717) is 33.8 Å². The van der Waals surface area contributed by atoms with Gasteiger partial charge in [-0.2, -0.15) is 4.98 Å². The van der Waals surface area contributed by atoms with E-state index in [1.165, 1.54) is 40.6 Å². The van der Waals surface area contributed by atoms with Crippen molar-refractivity contribution in [3.8, 4) is 0 Å². The molecule has 1 aromatic heterocycles. The Balaban J connectivity index is 1.50. The number of carbonyl (C=O) groups is 2. The molecule has 4 aromatic rings. The molecule has 1 aliphatic rings. The highest BCUT2D eigenvalue weighted by atomic mass is 32.2. The fourth-order valence-corrected chi connectivity index (χ4v) is 5.31. The third-order valence-electron chi connectivity index (χ3n) is 6.44. The average molecular weight is 526 g/mol. The molecule has 0 radical (unpaired) electrons. The second-order valence-electron chi connectivity index (χ2n) is 9.19. The second-order valence-corrected chi connectivity index (χ2v) is 10.1. The molecular formula is C29H27N5O3S. The summed E-state index contributed by atoms with van der Waals surface area (Å²) in [6, 6.07) is 21.5. The molecule has 5 rings (SSSR count). The van der Waals surface area contributed by atoms with Crippen LogP contribution in [0.4, 0.5) is 11.6 Å². The van der Waals surface area contributed by atoms with E-state index in [9.17, 15) is 14.7 Å². The Bertz CT molecular complexity index is 1540. The van der Waals surface area contributed by atoms with E-state index in [-0.39, 0.29) is 11.5 Å². The first kappa shape index (κ1) is 25.3. The van der Waals surface area contributed by atoms with Crippen molar-refractivity contribution in [1.82, 2.24) is 14.8 Å². The molecule has 3 N–H and O–H groups in total. The molecule has 1 aliphatic heterocycles. The van der Waals surface area contributed by atoms with Gasteiger partial charge in [0.25, 0.3) is 5.91 Å². The topological polar surface area (TPSA) is 109 Å². The lowest BCUT2D eigenvalue weighted by Crippen LogP contribution is -2.31. The highest BCUT2D eigenvalue weighted by Gasteiger charge is 2.34. The number of amides is 1. The smallest absolute Gasteiger partial charge is 0.335 e. The number of rotatable bonds is 7. The molecule has 8 nitrogen and oxygen atoms in total. The number of hydrogen-bond acceptors (Lipinski definition) is 6. The third-order valence-corrected chi connectivity index (χ3v) is 7.33. The van der Waals surface area contributed by atoms with Crippen LogP contribution in [0.5, 0.6) is 0 Å². The van der Waals surface area contributed by atoms with Crippen LogP contribution in [0.2, 0.25) is 0 Å². The summed E-state index contributed by atoms with van der Waals surface area (Å²) in [5, 5.41) is 20.9. The van der Waals surface area contributed by atoms with Crippen LogP contribution in [-0.2, 0) is 10.5 Å². The molecule has 3 aromatic carbocycles. The van der Waals surface area contributed by atoms with Gasteiger partial charge >= 0.3 is 5.97 Å². The maximum Gasteiger partial charge on any atom is 0.335 e. The number of nitrogens with zero attached hydrogens (tertiary/aromatic N) is 3. The number of carbonyl (C=O) groups excluding carboxylic acids is 1. The van der Waals surface area contributed by atoms with Crippen molar-refractivity contribution >= 4 is 35.3 Å². The molecule has 192 valence electrons. The highest BCUT2D eigenvalue weighted by Crippen LogP contribution is 2.37. The van der Waals surface area contributed by atoms with Gasteiger partial charge in [0, 0.05) is 17.1 Å². The minimum atomic E-state index is -1.01. The quantitative estimate of drug-likeness (QED) is 0.261. The number of nitrogens with one attached hydrogen (secondary N) is 2. The van der Waals surface area contributed by atoms with Crippen LogP contribution in [0.3, 0.4) is 0 Å². The molecule has 1 unspecified atom stereocenters. The Kier molecular flexibility index (Phi) is 7.02. The van der Waals surface area contributed by atoms with Gasteiger partial charge in [0.1, 0.15) is 6.04 Å². The molecule has 38 heavy (non-hydrogen) atoms. The Morgan fingerprint density at radius 1 is 1.03 bits per heavy atom. The van der Waals surface area contributed by atoms with Gasteiger partial charge in [-0.05, 0) is 61.7 Å². The number of hydrogen-bond donors (Lipinski definition) is 3. The van der Waals surface area contributed by atoms with Crippen molar-refractivity contribution in [1.29, 1.82) is 0 Å². The van der Waals surface area contributed by atoms with Crippen LogP contribution in [0.25, 0.3) is 0 Å². The van der Waals surface area contributed by atoms with E-state index in [1.54, 1.807) is 16.8 Å². The van der Waals surface area contributed by atoms with Gasteiger partial charge in [0.05, 0.1) is 11.1 Å².